The Morgan fingerprint density at radius 3 is 2.62 bits per heavy atom. The molecule has 0 fully saturated rings. The van der Waals surface area contributed by atoms with E-state index in [9.17, 15) is 8.42 Å². The highest BCUT2D eigenvalue weighted by Crippen LogP contribution is 2.13. The van der Waals surface area contributed by atoms with Gasteiger partial charge in [0.15, 0.2) is 5.82 Å². The van der Waals surface area contributed by atoms with E-state index in [-0.39, 0.29) is 5.75 Å². The average molecular weight is 238 g/mol. The Bertz CT molecular complexity index is 577. The molecule has 2 aromatic heterocycles. The zero-order chi connectivity index (χ0) is 11.6. The van der Waals surface area contributed by atoms with E-state index in [1.54, 1.807) is 25.4 Å². The lowest BCUT2D eigenvalue weighted by Gasteiger charge is -1.98. The van der Waals surface area contributed by atoms with Gasteiger partial charge in [0.1, 0.15) is 0 Å². The SMILES string of the molecule is CCS(=O)(=O)n1cc(-c2ncccn2)cn1. The van der Waals surface area contributed by atoms with Crippen LogP contribution < -0.4 is 0 Å². The normalized spacial score (nSPS) is 11.6. The number of hydrogen-bond acceptors (Lipinski definition) is 5. The van der Waals surface area contributed by atoms with Crippen LogP contribution in [0.1, 0.15) is 6.92 Å². The molecule has 0 aromatic carbocycles. The lowest BCUT2D eigenvalue weighted by atomic mass is 10.3. The lowest BCUT2D eigenvalue weighted by molar-refractivity contribution is 0.581. The second kappa shape index (κ2) is 4.01. The minimum absolute atomic E-state index is 0.00374. The van der Waals surface area contributed by atoms with Gasteiger partial charge in [-0.25, -0.2) is 18.4 Å². The van der Waals surface area contributed by atoms with Gasteiger partial charge in [0.2, 0.25) is 0 Å². The van der Waals surface area contributed by atoms with E-state index >= 15 is 0 Å². The van der Waals surface area contributed by atoms with Crippen LogP contribution in [0.3, 0.4) is 0 Å². The fourth-order valence-corrected chi connectivity index (χ4v) is 1.88. The molecule has 0 unspecified atom stereocenters. The molecule has 16 heavy (non-hydrogen) atoms. The molecule has 0 saturated carbocycles. The lowest BCUT2D eigenvalue weighted by Crippen LogP contribution is -2.14. The molecule has 2 aromatic rings. The third kappa shape index (κ3) is 1.94. The smallest absolute Gasteiger partial charge is 0.236 e. The van der Waals surface area contributed by atoms with E-state index in [0.29, 0.717) is 11.4 Å². The topological polar surface area (TPSA) is 77.7 Å². The van der Waals surface area contributed by atoms with Crippen molar-refractivity contribution in [1.29, 1.82) is 0 Å². The second-order valence-electron chi connectivity index (χ2n) is 3.07. The van der Waals surface area contributed by atoms with Crippen LogP contribution in [0.15, 0.2) is 30.9 Å². The highest BCUT2D eigenvalue weighted by Gasteiger charge is 2.13. The molecule has 0 amide bonds. The molecule has 0 bridgehead atoms. The molecule has 0 aliphatic heterocycles. The molecule has 0 saturated heterocycles. The molecule has 0 aliphatic rings. The zero-order valence-corrected chi connectivity index (χ0v) is 9.42. The van der Waals surface area contributed by atoms with Crippen LogP contribution in [0.4, 0.5) is 0 Å². The van der Waals surface area contributed by atoms with Gasteiger partial charge in [-0.2, -0.15) is 9.19 Å². The average Bonchev–Trinajstić information content (AvgIpc) is 2.80. The van der Waals surface area contributed by atoms with Crippen LogP contribution in [0.5, 0.6) is 0 Å². The molecular weight excluding hydrogens is 228 g/mol. The summed E-state index contributed by atoms with van der Waals surface area (Å²) in [6.45, 7) is 1.57. The largest absolute Gasteiger partial charge is 0.253 e. The highest BCUT2D eigenvalue weighted by atomic mass is 32.2. The number of nitrogens with zero attached hydrogens (tertiary/aromatic N) is 4. The van der Waals surface area contributed by atoms with Crippen LogP contribution in [-0.4, -0.2) is 33.3 Å². The van der Waals surface area contributed by atoms with Crippen molar-refractivity contribution in [2.24, 2.45) is 0 Å². The fraction of sp³-hybridized carbons (Fsp3) is 0.222. The number of rotatable bonds is 3. The van der Waals surface area contributed by atoms with Gasteiger partial charge >= 0.3 is 0 Å². The van der Waals surface area contributed by atoms with Crippen molar-refractivity contribution in [2.45, 2.75) is 6.92 Å². The van der Waals surface area contributed by atoms with Gasteiger partial charge in [-0.1, -0.05) is 0 Å². The summed E-state index contributed by atoms with van der Waals surface area (Å²) in [5, 5.41) is 3.78. The predicted molar refractivity (Wildman–Crippen MR) is 58.1 cm³/mol. The molecule has 0 atom stereocenters. The first-order valence-corrected chi connectivity index (χ1v) is 6.29. The van der Waals surface area contributed by atoms with Crippen molar-refractivity contribution in [3.63, 3.8) is 0 Å². The fourth-order valence-electron chi connectivity index (χ4n) is 1.15. The number of hydrogen-bond donors (Lipinski definition) is 0. The van der Waals surface area contributed by atoms with Gasteiger partial charge in [0.25, 0.3) is 10.0 Å². The molecule has 0 aliphatic carbocycles. The maximum atomic E-state index is 11.5. The second-order valence-corrected chi connectivity index (χ2v) is 5.19. The van der Waals surface area contributed by atoms with E-state index in [1.165, 1.54) is 12.4 Å². The molecule has 84 valence electrons. The minimum Gasteiger partial charge on any atom is -0.236 e. The van der Waals surface area contributed by atoms with Gasteiger partial charge in [-0.3, -0.25) is 0 Å². The van der Waals surface area contributed by atoms with Gasteiger partial charge in [-0.15, -0.1) is 0 Å². The Labute approximate surface area is 93.0 Å². The molecule has 0 N–H and O–H groups in total. The maximum Gasteiger partial charge on any atom is 0.253 e. The molecular formula is C9H10N4O2S. The van der Waals surface area contributed by atoms with Crippen molar-refractivity contribution in [3.8, 4) is 11.4 Å². The monoisotopic (exact) mass is 238 g/mol. The van der Waals surface area contributed by atoms with Gasteiger partial charge in [-0.05, 0) is 13.0 Å². The summed E-state index contributed by atoms with van der Waals surface area (Å²) in [6.07, 6.45) is 6.03. The molecule has 0 radical (unpaired) electrons. The third-order valence-corrected chi connectivity index (χ3v) is 3.53. The summed E-state index contributed by atoms with van der Waals surface area (Å²) in [5.41, 5.74) is 0.581. The van der Waals surface area contributed by atoms with Crippen LogP contribution in [-0.2, 0) is 10.0 Å². The Balaban J connectivity index is 2.42. The van der Waals surface area contributed by atoms with Crippen molar-refractivity contribution < 1.29 is 8.42 Å². The highest BCUT2D eigenvalue weighted by molar-refractivity contribution is 7.89. The van der Waals surface area contributed by atoms with E-state index < -0.39 is 10.0 Å². The van der Waals surface area contributed by atoms with E-state index in [0.717, 1.165) is 4.09 Å². The first-order chi connectivity index (χ1) is 7.63. The molecule has 6 nitrogen and oxygen atoms in total. The van der Waals surface area contributed by atoms with Crippen LogP contribution >= 0.6 is 0 Å². The van der Waals surface area contributed by atoms with Crippen LogP contribution in [0.2, 0.25) is 0 Å². The van der Waals surface area contributed by atoms with Crippen molar-refractivity contribution in [3.05, 3.63) is 30.9 Å². The molecule has 7 heteroatoms. The van der Waals surface area contributed by atoms with Crippen molar-refractivity contribution in [2.75, 3.05) is 5.75 Å². The van der Waals surface area contributed by atoms with Crippen LogP contribution in [0.25, 0.3) is 11.4 Å². The molecule has 2 rings (SSSR count). The van der Waals surface area contributed by atoms with Crippen LogP contribution in [0, 0.1) is 0 Å². The molecule has 0 spiro atoms. The summed E-state index contributed by atoms with van der Waals surface area (Å²) in [7, 11) is -3.34. The Kier molecular flexibility index (Phi) is 2.69. The minimum atomic E-state index is -3.34. The van der Waals surface area contributed by atoms with Gasteiger partial charge < -0.3 is 0 Å². The summed E-state index contributed by atoms with van der Waals surface area (Å²) >= 11 is 0. The van der Waals surface area contributed by atoms with Crippen molar-refractivity contribution in [1.82, 2.24) is 19.2 Å². The Morgan fingerprint density at radius 1 is 1.31 bits per heavy atom. The number of aromatic nitrogens is 4. The zero-order valence-electron chi connectivity index (χ0n) is 8.61. The summed E-state index contributed by atoms with van der Waals surface area (Å²) in [4.78, 5) is 8.02. The Morgan fingerprint density at radius 2 is 2.00 bits per heavy atom. The Hall–Kier alpha value is -1.76. The third-order valence-electron chi connectivity index (χ3n) is 2.03. The first kappa shape index (κ1) is 10.7. The van der Waals surface area contributed by atoms with Crippen molar-refractivity contribution >= 4 is 10.0 Å². The predicted octanol–water partition coefficient (Wildman–Crippen LogP) is 0.538. The van der Waals surface area contributed by atoms with Gasteiger partial charge in [0.05, 0.1) is 23.7 Å². The van der Waals surface area contributed by atoms with E-state index in [2.05, 4.69) is 15.1 Å². The summed E-state index contributed by atoms with van der Waals surface area (Å²) < 4.78 is 24.0. The molecule has 2 heterocycles. The van der Waals surface area contributed by atoms with E-state index in [4.69, 9.17) is 0 Å². The quantitative estimate of drug-likeness (QED) is 0.779. The van der Waals surface area contributed by atoms with E-state index in [1.807, 2.05) is 0 Å². The maximum absolute atomic E-state index is 11.5. The summed E-state index contributed by atoms with van der Waals surface area (Å²) in [6, 6.07) is 1.69. The first-order valence-electron chi connectivity index (χ1n) is 4.69. The standard InChI is InChI=1S/C9H10N4O2S/c1-2-16(14,15)13-7-8(6-12-13)9-10-4-3-5-11-9/h3-7H,2H2,1H3. The summed E-state index contributed by atoms with van der Waals surface area (Å²) in [5.74, 6) is 0.462. The van der Waals surface area contributed by atoms with Gasteiger partial charge in [0, 0.05) is 12.4 Å².